The lowest BCUT2D eigenvalue weighted by Crippen LogP contribution is -2.73. The Morgan fingerprint density at radius 1 is 0.592 bits per heavy atom. The molecule has 4 fully saturated rings. The van der Waals surface area contributed by atoms with Crippen molar-refractivity contribution < 1.29 is 8.83 Å². The molecular formula is C46H35NO2. The Morgan fingerprint density at radius 3 is 2.24 bits per heavy atom. The summed E-state index contributed by atoms with van der Waals surface area (Å²) in [6, 6.07) is 40.6. The number of aryl methyl sites for hydroxylation is 1. The first-order valence-corrected chi connectivity index (χ1v) is 18.4. The van der Waals surface area contributed by atoms with Gasteiger partial charge in [0.25, 0.3) is 0 Å². The van der Waals surface area contributed by atoms with Crippen LogP contribution in [-0.4, -0.2) is 0 Å². The summed E-state index contributed by atoms with van der Waals surface area (Å²) in [6.45, 7) is 0. The molecule has 6 unspecified atom stereocenters. The molecule has 2 spiro atoms. The maximum atomic E-state index is 6.36. The maximum Gasteiger partial charge on any atom is 0.135 e. The Hall–Kier alpha value is -5.02. The number of nitrogens with zero attached hydrogens (tertiary/aromatic N) is 1. The van der Waals surface area contributed by atoms with Crippen LogP contribution in [0.5, 0.6) is 0 Å². The fraction of sp³-hybridized carbons (Fsp3) is 0.261. The zero-order valence-electron chi connectivity index (χ0n) is 27.3. The Labute approximate surface area is 284 Å². The van der Waals surface area contributed by atoms with Crippen LogP contribution in [0, 0.1) is 29.1 Å². The molecule has 6 aliphatic rings. The van der Waals surface area contributed by atoms with E-state index in [1.165, 1.54) is 64.8 Å². The summed E-state index contributed by atoms with van der Waals surface area (Å²) in [6.07, 6.45) is 10.1. The zero-order valence-corrected chi connectivity index (χ0v) is 27.3. The van der Waals surface area contributed by atoms with Gasteiger partial charge in [0, 0.05) is 50.6 Å². The molecule has 0 aliphatic heterocycles. The zero-order chi connectivity index (χ0) is 31.6. The van der Waals surface area contributed by atoms with Crippen molar-refractivity contribution in [2.75, 3.05) is 4.90 Å². The van der Waals surface area contributed by atoms with Crippen LogP contribution < -0.4 is 4.90 Å². The predicted octanol–water partition coefficient (Wildman–Crippen LogP) is 11.8. The summed E-state index contributed by atoms with van der Waals surface area (Å²) >= 11 is 0. The molecule has 2 aromatic heterocycles. The Morgan fingerprint density at radius 2 is 1.33 bits per heavy atom. The first kappa shape index (κ1) is 25.9. The summed E-state index contributed by atoms with van der Waals surface area (Å²) in [5, 5.41) is 3.51. The van der Waals surface area contributed by atoms with E-state index in [0.29, 0.717) is 5.41 Å². The third kappa shape index (κ3) is 2.89. The minimum Gasteiger partial charge on any atom is -0.460 e. The SMILES string of the molecule is C1=C(N(c2ccc3c(c2)-c2ccccc2C32C3CC4CC5CC2C53C4)c2ccc3oc4ccccc4c3c2)CCc2oc3ccccc3c21. The third-order valence-electron chi connectivity index (χ3n) is 14.4. The molecule has 6 aliphatic carbocycles. The largest absolute Gasteiger partial charge is 0.460 e. The van der Waals surface area contributed by atoms with Crippen molar-refractivity contribution in [1.29, 1.82) is 0 Å². The van der Waals surface area contributed by atoms with Gasteiger partial charge in [0.1, 0.15) is 22.5 Å². The van der Waals surface area contributed by atoms with Gasteiger partial charge in [-0.3, -0.25) is 0 Å². The number of rotatable bonds is 3. The molecule has 2 heterocycles. The molecular weight excluding hydrogens is 599 g/mol. The van der Waals surface area contributed by atoms with E-state index in [1.54, 1.807) is 11.1 Å². The average molecular weight is 634 g/mol. The van der Waals surface area contributed by atoms with Gasteiger partial charge in [-0.15, -0.1) is 0 Å². The number of furan rings is 2. The van der Waals surface area contributed by atoms with Crippen LogP contribution >= 0.6 is 0 Å². The van der Waals surface area contributed by atoms with Crippen LogP contribution in [0.1, 0.15) is 54.6 Å². The molecule has 0 radical (unpaired) electrons. The molecule has 13 rings (SSSR count). The lowest BCUT2D eigenvalue weighted by molar-refractivity contribution is -0.231. The fourth-order valence-electron chi connectivity index (χ4n) is 12.9. The van der Waals surface area contributed by atoms with E-state index in [4.69, 9.17) is 8.83 Å². The van der Waals surface area contributed by atoms with Crippen molar-refractivity contribution in [3.63, 3.8) is 0 Å². The van der Waals surface area contributed by atoms with Crippen LogP contribution in [0.25, 0.3) is 50.1 Å². The van der Waals surface area contributed by atoms with Gasteiger partial charge in [0.15, 0.2) is 0 Å². The molecule has 0 N–H and O–H groups in total. The topological polar surface area (TPSA) is 29.5 Å². The molecule has 7 aromatic rings. The summed E-state index contributed by atoms with van der Waals surface area (Å²) in [4.78, 5) is 2.53. The molecule has 0 amide bonds. The molecule has 4 saturated carbocycles. The van der Waals surface area contributed by atoms with Gasteiger partial charge in [0.05, 0.1) is 0 Å². The summed E-state index contributed by atoms with van der Waals surface area (Å²) in [5.74, 6) is 4.68. The van der Waals surface area contributed by atoms with Crippen molar-refractivity contribution >= 4 is 50.4 Å². The molecule has 0 saturated heterocycles. The smallest absolute Gasteiger partial charge is 0.135 e. The predicted molar refractivity (Wildman–Crippen MR) is 196 cm³/mol. The molecule has 6 atom stereocenters. The highest BCUT2D eigenvalue weighted by molar-refractivity contribution is 6.06. The van der Waals surface area contributed by atoms with Crippen LogP contribution in [0.4, 0.5) is 11.4 Å². The van der Waals surface area contributed by atoms with Crippen LogP contribution in [0.15, 0.2) is 124 Å². The Kier molecular flexibility index (Phi) is 4.54. The van der Waals surface area contributed by atoms with Gasteiger partial charge in [-0.2, -0.15) is 0 Å². The number of hydrogen-bond donors (Lipinski definition) is 0. The van der Waals surface area contributed by atoms with E-state index in [-0.39, 0.29) is 5.41 Å². The lowest BCUT2D eigenvalue weighted by Gasteiger charge is -2.76. The van der Waals surface area contributed by atoms with Gasteiger partial charge in [-0.1, -0.05) is 66.7 Å². The number of benzene rings is 5. The molecule has 2 bridgehead atoms. The highest BCUT2D eigenvalue weighted by Gasteiger charge is 2.84. The van der Waals surface area contributed by atoms with E-state index in [2.05, 4.69) is 120 Å². The molecule has 49 heavy (non-hydrogen) atoms. The normalized spacial score (nSPS) is 29.4. The molecule has 3 nitrogen and oxygen atoms in total. The quantitative estimate of drug-likeness (QED) is 0.194. The number of hydrogen-bond acceptors (Lipinski definition) is 3. The summed E-state index contributed by atoms with van der Waals surface area (Å²) in [7, 11) is 0. The average Bonchev–Trinajstić information content (AvgIpc) is 3.93. The van der Waals surface area contributed by atoms with Crippen LogP contribution in [0.3, 0.4) is 0 Å². The molecule has 3 heteroatoms. The first-order chi connectivity index (χ1) is 24.2. The van der Waals surface area contributed by atoms with E-state index >= 15 is 0 Å². The Balaban J connectivity index is 1.03. The first-order valence-electron chi connectivity index (χ1n) is 18.4. The highest BCUT2D eigenvalue weighted by atomic mass is 16.3. The lowest BCUT2D eigenvalue weighted by atomic mass is 9.27. The molecule has 236 valence electrons. The van der Waals surface area contributed by atoms with Crippen molar-refractivity contribution in [1.82, 2.24) is 0 Å². The van der Waals surface area contributed by atoms with Gasteiger partial charge in [-0.25, -0.2) is 0 Å². The van der Waals surface area contributed by atoms with E-state index < -0.39 is 0 Å². The number of para-hydroxylation sites is 2. The Bertz CT molecular complexity index is 2640. The van der Waals surface area contributed by atoms with E-state index in [9.17, 15) is 0 Å². The van der Waals surface area contributed by atoms with Gasteiger partial charge in [-0.05, 0) is 132 Å². The van der Waals surface area contributed by atoms with Gasteiger partial charge < -0.3 is 13.7 Å². The van der Waals surface area contributed by atoms with Crippen molar-refractivity contribution in [2.24, 2.45) is 29.1 Å². The summed E-state index contributed by atoms with van der Waals surface area (Å²) in [5.41, 5.74) is 14.8. The number of anilines is 2. The molecule has 5 aromatic carbocycles. The highest BCUT2D eigenvalue weighted by Crippen LogP contribution is 2.89. The van der Waals surface area contributed by atoms with Crippen LogP contribution in [0.2, 0.25) is 0 Å². The van der Waals surface area contributed by atoms with Gasteiger partial charge in [0.2, 0.25) is 0 Å². The monoisotopic (exact) mass is 633 g/mol. The van der Waals surface area contributed by atoms with Crippen LogP contribution in [-0.2, 0) is 11.8 Å². The second kappa shape index (κ2) is 8.58. The van der Waals surface area contributed by atoms with E-state index in [0.717, 1.165) is 69.8 Å². The van der Waals surface area contributed by atoms with Crippen molar-refractivity contribution in [3.05, 3.63) is 137 Å². The second-order valence-corrected chi connectivity index (χ2v) is 16.0. The third-order valence-corrected chi connectivity index (χ3v) is 14.4. The minimum atomic E-state index is 0.213. The summed E-state index contributed by atoms with van der Waals surface area (Å²) < 4.78 is 12.6. The van der Waals surface area contributed by atoms with Crippen molar-refractivity contribution in [2.45, 2.75) is 43.9 Å². The number of allylic oxidation sites excluding steroid dienone is 1. The number of fused-ring (bicyclic) bond motifs is 14. The van der Waals surface area contributed by atoms with Crippen molar-refractivity contribution in [3.8, 4) is 11.1 Å². The second-order valence-electron chi connectivity index (χ2n) is 16.0. The van der Waals surface area contributed by atoms with E-state index in [1.807, 2.05) is 0 Å². The standard InChI is InChI=1S/C46H35NO2/c1-4-10-37-31(7-1)34-22-28(13-16-38(34)46(37)43-20-26-19-27-21-44(46)45(27,43)25-26)47(29-14-17-41-35(23-29)32-8-2-5-11-39(32)48-41)30-15-18-42-36(24-30)33-9-3-6-12-40(33)49-42/h1-14,16-17,22-24,26-27,43-44H,15,18-21,25H2. The fourth-order valence-corrected chi connectivity index (χ4v) is 12.9. The maximum absolute atomic E-state index is 6.36. The minimum absolute atomic E-state index is 0.213. The van der Waals surface area contributed by atoms with Gasteiger partial charge >= 0.3 is 0 Å².